The standard InChI is InChI=1S/C21H23Cl2N3O2/c1-27-20-5-2-4-17(13-24-8-3-10-26-11-9-25-15-26)21(20)28-14-16-6-7-18(22)19(23)12-16/h2,4-7,9,11-12,15,24H,3,8,10,13-14H2,1H3. The summed E-state index contributed by atoms with van der Waals surface area (Å²) in [6.07, 6.45) is 6.61. The minimum Gasteiger partial charge on any atom is -0.493 e. The van der Waals surface area contributed by atoms with Gasteiger partial charge in [0.2, 0.25) is 0 Å². The SMILES string of the molecule is COc1cccc(CNCCCn2ccnc2)c1OCc1ccc(Cl)c(Cl)c1. The van der Waals surface area contributed by atoms with Gasteiger partial charge in [0, 0.05) is 31.0 Å². The van der Waals surface area contributed by atoms with Gasteiger partial charge in [0.1, 0.15) is 6.61 Å². The van der Waals surface area contributed by atoms with E-state index in [1.807, 2.05) is 42.9 Å². The Hall–Kier alpha value is -2.21. The van der Waals surface area contributed by atoms with Gasteiger partial charge in [-0.15, -0.1) is 0 Å². The second-order valence-corrected chi connectivity index (χ2v) is 7.13. The summed E-state index contributed by atoms with van der Waals surface area (Å²) < 4.78 is 13.6. The predicted octanol–water partition coefficient (Wildman–Crippen LogP) is 4.96. The number of hydrogen-bond donors (Lipinski definition) is 1. The zero-order valence-corrected chi connectivity index (χ0v) is 17.2. The molecule has 3 rings (SSSR count). The third-order valence-electron chi connectivity index (χ3n) is 4.29. The molecule has 0 radical (unpaired) electrons. The van der Waals surface area contributed by atoms with Crippen LogP contribution in [-0.4, -0.2) is 23.2 Å². The molecule has 0 unspecified atom stereocenters. The molecular weight excluding hydrogens is 397 g/mol. The van der Waals surface area contributed by atoms with Crippen molar-refractivity contribution in [1.29, 1.82) is 0 Å². The molecule has 1 aromatic heterocycles. The van der Waals surface area contributed by atoms with Crippen molar-refractivity contribution in [3.05, 3.63) is 76.3 Å². The van der Waals surface area contributed by atoms with Gasteiger partial charge in [-0.3, -0.25) is 0 Å². The summed E-state index contributed by atoms with van der Waals surface area (Å²) in [4.78, 5) is 4.05. The van der Waals surface area contributed by atoms with Crippen molar-refractivity contribution in [2.75, 3.05) is 13.7 Å². The number of hydrogen-bond acceptors (Lipinski definition) is 4. The Morgan fingerprint density at radius 3 is 2.79 bits per heavy atom. The summed E-state index contributed by atoms with van der Waals surface area (Å²) in [6, 6.07) is 11.4. The van der Waals surface area contributed by atoms with Crippen molar-refractivity contribution in [3.63, 3.8) is 0 Å². The van der Waals surface area contributed by atoms with Gasteiger partial charge in [-0.1, -0.05) is 41.4 Å². The second-order valence-electron chi connectivity index (χ2n) is 6.32. The predicted molar refractivity (Wildman–Crippen MR) is 112 cm³/mol. The molecule has 0 aliphatic carbocycles. The lowest BCUT2D eigenvalue weighted by Crippen LogP contribution is -2.17. The van der Waals surface area contributed by atoms with Gasteiger partial charge < -0.3 is 19.4 Å². The van der Waals surface area contributed by atoms with Gasteiger partial charge in [0.25, 0.3) is 0 Å². The number of nitrogens with one attached hydrogen (secondary N) is 1. The molecule has 0 aliphatic heterocycles. The first kappa shape index (κ1) is 20.5. The Bertz CT molecular complexity index is 885. The van der Waals surface area contributed by atoms with E-state index in [-0.39, 0.29) is 0 Å². The summed E-state index contributed by atoms with van der Waals surface area (Å²) in [5.41, 5.74) is 1.99. The first-order chi connectivity index (χ1) is 13.7. The molecule has 7 heteroatoms. The average Bonchev–Trinajstić information content (AvgIpc) is 3.22. The quantitative estimate of drug-likeness (QED) is 0.471. The van der Waals surface area contributed by atoms with E-state index in [4.69, 9.17) is 32.7 Å². The molecule has 0 atom stereocenters. The first-order valence-corrected chi connectivity index (χ1v) is 9.82. The number of benzene rings is 2. The van der Waals surface area contributed by atoms with Gasteiger partial charge in [-0.25, -0.2) is 4.98 Å². The molecule has 0 fully saturated rings. The molecule has 148 valence electrons. The minimum absolute atomic E-state index is 0.380. The maximum absolute atomic E-state index is 6.09. The lowest BCUT2D eigenvalue weighted by molar-refractivity contribution is 0.280. The molecule has 0 amide bonds. The number of imidazole rings is 1. The number of ether oxygens (including phenoxy) is 2. The summed E-state index contributed by atoms with van der Waals surface area (Å²) >= 11 is 12.1. The van der Waals surface area contributed by atoms with E-state index in [0.29, 0.717) is 28.9 Å². The highest BCUT2D eigenvalue weighted by atomic mass is 35.5. The van der Waals surface area contributed by atoms with Crippen molar-refractivity contribution in [2.24, 2.45) is 0 Å². The van der Waals surface area contributed by atoms with Crippen molar-refractivity contribution >= 4 is 23.2 Å². The van der Waals surface area contributed by atoms with Crippen LogP contribution in [0.5, 0.6) is 11.5 Å². The number of halogens is 2. The summed E-state index contributed by atoms with van der Waals surface area (Å²) in [7, 11) is 1.64. The Morgan fingerprint density at radius 2 is 2.04 bits per heavy atom. The first-order valence-electron chi connectivity index (χ1n) is 9.06. The largest absolute Gasteiger partial charge is 0.493 e. The zero-order chi connectivity index (χ0) is 19.8. The molecule has 28 heavy (non-hydrogen) atoms. The van der Waals surface area contributed by atoms with Crippen LogP contribution in [0.2, 0.25) is 10.0 Å². The van der Waals surface area contributed by atoms with E-state index in [1.165, 1.54) is 0 Å². The molecule has 0 aliphatic rings. The molecule has 5 nitrogen and oxygen atoms in total. The van der Waals surface area contributed by atoms with E-state index in [0.717, 1.165) is 36.4 Å². The average molecular weight is 420 g/mol. The van der Waals surface area contributed by atoms with Crippen LogP contribution in [0.3, 0.4) is 0 Å². The fraction of sp³-hybridized carbons (Fsp3) is 0.286. The van der Waals surface area contributed by atoms with Crippen LogP contribution >= 0.6 is 23.2 Å². The van der Waals surface area contributed by atoms with E-state index in [9.17, 15) is 0 Å². The molecular formula is C21H23Cl2N3O2. The summed E-state index contributed by atoms with van der Waals surface area (Å²) in [5, 5.41) is 4.51. The van der Waals surface area contributed by atoms with Crippen LogP contribution in [0.4, 0.5) is 0 Å². The normalized spacial score (nSPS) is 10.8. The Labute approximate surface area is 175 Å². The maximum Gasteiger partial charge on any atom is 0.166 e. The molecule has 0 spiro atoms. The van der Waals surface area contributed by atoms with Crippen molar-refractivity contribution in [1.82, 2.24) is 14.9 Å². The van der Waals surface area contributed by atoms with Crippen LogP contribution in [0, 0.1) is 0 Å². The topological polar surface area (TPSA) is 48.3 Å². The van der Waals surface area contributed by atoms with Gasteiger partial charge >= 0.3 is 0 Å². The fourth-order valence-corrected chi connectivity index (χ4v) is 3.16. The van der Waals surface area contributed by atoms with Crippen LogP contribution in [-0.2, 0) is 19.7 Å². The van der Waals surface area contributed by atoms with Crippen molar-refractivity contribution in [2.45, 2.75) is 26.1 Å². The number of aromatic nitrogens is 2. The Kier molecular flexibility index (Phi) is 7.60. The van der Waals surface area contributed by atoms with E-state index in [1.54, 1.807) is 19.4 Å². The van der Waals surface area contributed by atoms with E-state index < -0.39 is 0 Å². The smallest absolute Gasteiger partial charge is 0.166 e. The van der Waals surface area contributed by atoms with Crippen molar-refractivity contribution < 1.29 is 9.47 Å². The van der Waals surface area contributed by atoms with Crippen LogP contribution in [0.15, 0.2) is 55.1 Å². The summed E-state index contributed by atoms with van der Waals surface area (Å²) in [6.45, 7) is 2.90. The molecule has 0 bridgehead atoms. The Morgan fingerprint density at radius 1 is 1.14 bits per heavy atom. The Balaban J connectivity index is 1.58. The maximum atomic E-state index is 6.09. The van der Waals surface area contributed by atoms with Gasteiger partial charge in [-0.05, 0) is 36.7 Å². The van der Waals surface area contributed by atoms with Crippen molar-refractivity contribution in [3.8, 4) is 11.5 Å². The number of aryl methyl sites for hydroxylation is 1. The number of nitrogens with zero attached hydrogens (tertiary/aromatic N) is 2. The highest BCUT2D eigenvalue weighted by Gasteiger charge is 2.11. The second kappa shape index (κ2) is 10.4. The minimum atomic E-state index is 0.380. The lowest BCUT2D eigenvalue weighted by atomic mass is 10.1. The molecule has 1 heterocycles. The summed E-state index contributed by atoms with van der Waals surface area (Å²) in [5.74, 6) is 1.44. The van der Waals surface area contributed by atoms with Crippen LogP contribution in [0.1, 0.15) is 17.5 Å². The highest BCUT2D eigenvalue weighted by molar-refractivity contribution is 6.42. The number of methoxy groups -OCH3 is 1. The molecule has 0 saturated heterocycles. The molecule has 0 saturated carbocycles. The number of para-hydroxylation sites is 1. The number of rotatable bonds is 10. The van der Waals surface area contributed by atoms with Gasteiger partial charge in [0.05, 0.1) is 23.5 Å². The monoisotopic (exact) mass is 419 g/mol. The zero-order valence-electron chi connectivity index (χ0n) is 15.7. The highest BCUT2D eigenvalue weighted by Crippen LogP contribution is 2.32. The third-order valence-corrected chi connectivity index (χ3v) is 5.03. The molecule has 3 aromatic rings. The fourth-order valence-electron chi connectivity index (χ4n) is 2.84. The lowest BCUT2D eigenvalue weighted by Gasteiger charge is -2.16. The molecule has 1 N–H and O–H groups in total. The third kappa shape index (κ3) is 5.64. The van der Waals surface area contributed by atoms with Crippen LogP contribution < -0.4 is 14.8 Å². The van der Waals surface area contributed by atoms with Gasteiger partial charge in [-0.2, -0.15) is 0 Å². The molecule has 2 aromatic carbocycles. The van der Waals surface area contributed by atoms with E-state index >= 15 is 0 Å². The van der Waals surface area contributed by atoms with E-state index in [2.05, 4.69) is 14.9 Å². The van der Waals surface area contributed by atoms with Gasteiger partial charge in [0.15, 0.2) is 11.5 Å². The van der Waals surface area contributed by atoms with Crippen LogP contribution in [0.25, 0.3) is 0 Å².